The highest BCUT2D eigenvalue weighted by molar-refractivity contribution is 7.07. The van der Waals surface area contributed by atoms with Crippen LogP contribution in [0.1, 0.15) is 5.56 Å². The molecule has 1 aliphatic heterocycles. The lowest BCUT2D eigenvalue weighted by atomic mass is 10.2. The zero-order valence-electron chi connectivity index (χ0n) is 13.1. The van der Waals surface area contributed by atoms with Crippen LogP contribution in [-0.2, 0) is 11.3 Å². The normalized spacial score (nSPS) is 15.5. The van der Waals surface area contributed by atoms with E-state index < -0.39 is 0 Å². The molecule has 2 aromatic rings. The number of carbonyl (C=O) groups excluding carboxylic acids is 1. The SMILES string of the molecule is O=C(COc1ccc(Cl)cc1Cl)N1CCN(Cc2ccsc2)CC1. The third-order valence-corrected chi connectivity index (χ3v) is 5.22. The number of hydrogen-bond acceptors (Lipinski definition) is 4. The molecule has 1 aromatic heterocycles. The molecular formula is C17H18Cl2N2O2S. The third kappa shape index (κ3) is 4.63. The van der Waals surface area contributed by atoms with E-state index in [-0.39, 0.29) is 12.5 Å². The molecule has 24 heavy (non-hydrogen) atoms. The Morgan fingerprint density at radius 1 is 1.17 bits per heavy atom. The van der Waals surface area contributed by atoms with E-state index in [1.54, 1.807) is 29.5 Å². The summed E-state index contributed by atoms with van der Waals surface area (Å²) in [6, 6.07) is 7.12. The Hall–Kier alpha value is -1.27. The molecule has 1 aliphatic rings. The lowest BCUT2D eigenvalue weighted by Gasteiger charge is -2.34. The zero-order valence-corrected chi connectivity index (χ0v) is 15.4. The number of carbonyl (C=O) groups is 1. The van der Waals surface area contributed by atoms with Gasteiger partial charge in [-0.3, -0.25) is 9.69 Å². The Balaban J connectivity index is 1.45. The maximum atomic E-state index is 12.3. The van der Waals surface area contributed by atoms with Gasteiger partial charge in [0.2, 0.25) is 0 Å². The molecule has 128 valence electrons. The van der Waals surface area contributed by atoms with E-state index in [0.717, 1.165) is 32.7 Å². The Morgan fingerprint density at radius 3 is 2.62 bits per heavy atom. The average molecular weight is 385 g/mol. The van der Waals surface area contributed by atoms with Gasteiger partial charge in [0.15, 0.2) is 6.61 Å². The highest BCUT2D eigenvalue weighted by Gasteiger charge is 2.21. The van der Waals surface area contributed by atoms with Gasteiger partial charge in [-0.15, -0.1) is 0 Å². The fraction of sp³-hybridized carbons (Fsp3) is 0.353. The van der Waals surface area contributed by atoms with E-state index >= 15 is 0 Å². The van der Waals surface area contributed by atoms with Gasteiger partial charge in [0.05, 0.1) is 5.02 Å². The molecular weight excluding hydrogens is 367 g/mol. The fourth-order valence-electron chi connectivity index (χ4n) is 2.62. The molecule has 0 saturated carbocycles. The smallest absolute Gasteiger partial charge is 0.260 e. The minimum absolute atomic E-state index is 0.00805. The summed E-state index contributed by atoms with van der Waals surface area (Å²) in [6.07, 6.45) is 0. The highest BCUT2D eigenvalue weighted by atomic mass is 35.5. The summed E-state index contributed by atoms with van der Waals surface area (Å²) in [5, 5.41) is 5.21. The molecule has 4 nitrogen and oxygen atoms in total. The molecule has 1 aromatic carbocycles. The van der Waals surface area contributed by atoms with Gasteiger partial charge in [-0.05, 0) is 40.6 Å². The van der Waals surface area contributed by atoms with Crippen molar-refractivity contribution in [2.24, 2.45) is 0 Å². The van der Waals surface area contributed by atoms with Crippen LogP contribution in [0, 0.1) is 0 Å². The van der Waals surface area contributed by atoms with Crippen molar-refractivity contribution in [3.05, 3.63) is 50.6 Å². The second-order valence-electron chi connectivity index (χ2n) is 5.65. The van der Waals surface area contributed by atoms with Crippen molar-refractivity contribution in [1.29, 1.82) is 0 Å². The molecule has 1 saturated heterocycles. The molecule has 3 rings (SSSR count). The first-order chi connectivity index (χ1) is 11.6. The van der Waals surface area contributed by atoms with E-state index in [1.165, 1.54) is 5.56 Å². The van der Waals surface area contributed by atoms with E-state index in [2.05, 4.69) is 21.7 Å². The van der Waals surface area contributed by atoms with E-state index in [9.17, 15) is 4.79 Å². The van der Waals surface area contributed by atoms with Gasteiger partial charge in [-0.25, -0.2) is 0 Å². The van der Waals surface area contributed by atoms with Crippen molar-refractivity contribution in [3.8, 4) is 5.75 Å². The highest BCUT2D eigenvalue weighted by Crippen LogP contribution is 2.27. The van der Waals surface area contributed by atoms with Crippen molar-refractivity contribution in [3.63, 3.8) is 0 Å². The number of hydrogen-bond donors (Lipinski definition) is 0. The van der Waals surface area contributed by atoms with Crippen LogP contribution in [0.15, 0.2) is 35.0 Å². The Morgan fingerprint density at radius 2 is 1.96 bits per heavy atom. The van der Waals surface area contributed by atoms with Gasteiger partial charge >= 0.3 is 0 Å². The van der Waals surface area contributed by atoms with Gasteiger partial charge in [0.1, 0.15) is 5.75 Å². The molecule has 0 radical (unpaired) electrons. The Kier molecular flexibility index (Phi) is 6.00. The maximum absolute atomic E-state index is 12.3. The Labute approximate surface area is 155 Å². The van der Waals surface area contributed by atoms with Crippen LogP contribution in [0.5, 0.6) is 5.75 Å². The summed E-state index contributed by atoms with van der Waals surface area (Å²) in [4.78, 5) is 16.5. The summed E-state index contributed by atoms with van der Waals surface area (Å²) in [5.74, 6) is 0.460. The van der Waals surface area contributed by atoms with E-state index in [4.69, 9.17) is 27.9 Å². The molecule has 0 unspecified atom stereocenters. The molecule has 7 heteroatoms. The van der Waals surface area contributed by atoms with Crippen LogP contribution < -0.4 is 4.74 Å². The lowest BCUT2D eigenvalue weighted by Crippen LogP contribution is -2.49. The quantitative estimate of drug-likeness (QED) is 0.786. The first kappa shape index (κ1) is 17.5. The van der Waals surface area contributed by atoms with Crippen molar-refractivity contribution in [2.45, 2.75) is 6.54 Å². The van der Waals surface area contributed by atoms with Crippen molar-refractivity contribution in [2.75, 3.05) is 32.8 Å². The van der Waals surface area contributed by atoms with Crippen LogP contribution in [-0.4, -0.2) is 48.5 Å². The van der Waals surface area contributed by atoms with Crippen LogP contribution in [0.4, 0.5) is 0 Å². The van der Waals surface area contributed by atoms with Crippen LogP contribution >= 0.6 is 34.5 Å². The molecule has 0 spiro atoms. The number of thiophene rings is 1. The minimum Gasteiger partial charge on any atom is -0.482 e. The Bertz CT molecular complexity index is 686. The van der Waals surface area contributed by atoms with Crippen molar-refractivity contribution >= 4 is 40.4 Å². The number of amides is 1. The van der Waals surface area contributed by atoms with E-state index in [0.29, 0.717) is 15.8 Å². The summed E-state index contributed by atoms with van der Waals surface area (Å²) >= 11 is 13.6. The number of piperazine rings is 1. The summed E-state index contributed by atoms with van der Waals surface area (Å²) in [6.45, 7) is 4.14. The largest absolute Gasteiger partial charge is 0.482 e. The minimum atomic E-state index is -0.0174. The lowest BCUT2D eigenvalue weighted by molar-refractivity contribution is -0.135. The standard InChI is InChI=1S/C17H18Cl2N2O2S/c18-14-1-2-16(15(19)9-14)23-11-17(22)21-6-4-20(5-7-21)10-13-3-8-24-12-13/h1-3,8-9,12H,4-7,10-11H2. The summed E-state index contributed by atoms with van der Waals surface area (Å²) in [5.41, 5.74) is 1.33. The van der Waals surface area contributed by atoms with Gasteiger partial charge in [0.25, 0.3) is 5.91 Å². The summed E-state index contributed by atoms with van der Waals surface area (Å²) in [7, 11) is 0. The average Bonchev–Trinajstić information content (AvgIpc) is 3.07. The van der Waals surface area contributed by atoms with Gasteiger partial charge in [-0.1, -0.05) is 23.2 Å². The fourth-order valence-corrected chi connectivity index (χ4v) is 3.74. The van der Waals surface area contributed by atoms with Gasteiger partial charge in [-0.2, -0.15) is 11.3 Å². The second kappa shape index (κ2) is 8.21. The molecule has 0 aliphatic carbocycles. The summed E-state index contributed by atoms with van der Waals surface area (Å²) < 4.78 is 5.52. The monoisotopic (exact) mass is 384 g/mol. The number of benzene rings is 1. The third-order valence-electron chi connectivity index (χ3n) is 3.96. The maximum Gasteiger partial charge on any atom is 0.260 e. The molecule has 1 fully saturated rings. The topological polar surface area (TPSA) is 32.8 Å². The first-order valence-electron chi connectivity index (χ1n) is 7.71. The van der Waals surface area contributed by atoms with Crippen molar-refractivity contribution < 1.29 is 9.53 Å². The van der Waals surface area contributed by atoms with Crippen LogP contribution in [0.25, 0.3) is 0 Å². The first-order valence-corrected chi connectivity index (χ1v) is 9.41. The molecule has 0 bridgehead atoms. The van der Waals surface area contributed by atoms with Crippen molar-refractivity contribution in [1.82, 2.24) is 9.80 Å². The molecule has 1 amide bonds. The van der Waals surface area contributed by atoms with E-state index in [1.807, 2.05) is 4.90 Å². The number of ether oxygens (including phenoxy) is 1. The predicted molar refractivity (Wildman–Crippen MR) is 98.1 cm³/mol. The zero-order chi connectivity index (χ0) is 16.9. The van der Waals surface area contributed by atoms with Gasteiger partial charge < -0.3 is 9.64 Å². The van der Waals surface area contributed by atoms with Crippen LogP contribution in [0.2, 0.25) is 10.0 Å². The molecule has 0 atom stereocenters. The number of rotatable bonds is 5. The van der Waals surface area contributed by atoms with Gasteiger partial charge in [0, 0.05) is 37.7 Å². The molecule has 0 N–H and O–H groups in total. The predicted octanol–water partition coefficient (Wildman–Crippen LogP) is 3.78. The second-order valence-corrected chi connectivity index (χ2v) is 7.28. The number of nitrogens with zero attached hydrogens (tertiary/aromatic N) is 2. The molecule has 2 heterocycles. The number of halogens is 2. The van der Waals surface area contributed by atoms with Crippen LogP contribution in [0.3, 0.4) is 0 Å².